The highest BCUT2D eigenvalue weighted by Crippen LogP contribution is 2.18. The van der Waals surface area contributed by atoms with Crippen molar-refractivity contribution in [3.8, 4) is 0 Å². The fourth-order valence-corrected chi connectivity index (χ4v) is 1.98. The second kappa shape index (κ2) is 7.26. The summed E-state index contributed by atoms with van der Waals surface area (Å²) in [5, 5.41) is 0. The average Bonchev–Trinajstić information content (AvgIpc) is 2.61. The lowest BCUT2D eigenvalue weighted by molar-refractivity contribution is 0.726. The topological polar surface area (TPSA) is 16.1 Å². The molecule has 2 heteroatoms. The predicted molar refractivity (Wildman–Crippen MR) is 71.0 cm³/mol. The van der Waals surface area contributed by atoms with E-state index in [4.69, 9.17) is 0 Å². The number of nitrogens with zero attached hydrogens (tertiary/aromatic N) is 2. The number of anilines is 1. The van der Waals surface area contributed by atoms with Crippen molar-refractivity contribution in [2.45, 2.75) is 46.5 Å². The molecule has 1 aromatic rings. The Kier molecular flexibility index (Phi) is 5.91. The zero-order valence-corrected chi connectivity index (χ0v) is 10.9. The number of pyridine rings is 1. The van der Waals surface area contributed by atoms with Gasteiger partial charge in [-0.15, -0.1) is 0 Å². The van der Waals surface area contributed by atoms with E-state index in [2.05, 4.69) is 22.0 Å². The standard InChI is InChI=1S/C12H18N2.C2H6/c1-11-6-7-12(10-13-11)14-8-4-2-3-5-9-14;1-2/h6-7,10H,2-5,8-9H2,1H3;1-2H3. The van der Waals surface area contributed by atoms with E-state index in [-0.39, 0.29) is 0 Å². The van der Waals surface area contributed by atoms with Gasteiger partial charge in [0, 0.05) is 18.8 Å². The van der Waals surface area contributed by atoms with Gasteiger partial charge in [-0.2, -0.15) is 0 Å². The van der Waals surface area contributed by atoms with Crippen LogP contribution in [0.3, 0.4) is 0 Å². The molecule has 2 heterocycles. The zero-order valence-electron chi connectivity index (χ0n) is 10.9. The van der Waals surface area contributed by atoms with Crippen molar-refractivity contribution in [1.82, 2.24) is 4.98 Å². The van der Waals surface area contributed by atoms with E-state index >= 15 is 0 Å². The molecular weight excluding hydrogens is 196 g/mol. The monoisotopic (exact) mass is 220 g/mol. The molecule has 2 rings (SSSR count). The normalized spacial score (nSPS) is 16.1. The SMILES string of the molecule is CC.Cc1ccc(N2CCCCCC2)cn1. The Morgan fingerprint density at radius 3 is 2.12 bits per heavy atom. The zero-order chi connectivity index (χ0) is 11.8. The minimum absolute atomic E-state index is 1.10. The molecule has 1 aromatic heterocycles. The second-order valence-electron chi connectivity index (χ2n) is 4.06. The molecule has 0 aromatic carbocycles. The molecule has 0 spiro atoms. The van der Waals surface area contributed by atoms with E-state index in [0.29, 0.717) is 0 Å². The number of aryl methyl sites for hydroxylation is 1. The molecule has 1 aliphatic heterocycles. The minimum atomic E-state index is 1.10. The Labute approximate surface area is 99.7 Å². The first-order valence-corrected chi connectivity index (χ1v) is 6.54. The van der Waals surface area contributed by atoms with Crippen molar-refractivity contribution < 1.29 is 0 Å². The predicted octanol–water partition coefficient (Wildman–Crippen LogP) is 3.80. The Morgan fingerprint density at radius 1 is 1.00 bits per heavy atom. The van der Waals surface area contributed by atoms with Crippen LogP contribution in [0.1, 0.15) is 45.2 Å². The average molecular weight is 220 g/mol. The van der Waals surface area contributed by atoms with Crippen LogP contribution in [-0.4, -0.2) is 18.1 Å². The van der Waals surface area contributed by atoms with Gasteiger partial charge in [-0.05, 0) is 31.9 Å². The third-order valence-electron chi connectivity index (χ3n) is 2.87. The first-order chi connectivity index (χ1) is 7.86. The molecule has 16 heavy (non-hydrogen) atoms. The molecular formula is C14H24N2. The van der Waals surface area contributed by atoms with Crippen LogP contribution >= 0.6 is 0 Å². The first kappa shape index (κ1) is 13.0. The van der Waals surface area contributed by atoms with E-state index in [1.54, 1.807) is 0 Å². The van der Waals surface area contributed by atoms with E-state index in [0.717, 1.165) is 5.69 Å². The molecule has 1 saturated heterocycles. The lowest BCUT2D eigenvalue weighted by Crippen LogP contribution is -2.23. The Morgan fingerprint density at radius 2 is 1.62 bits per heavy atom. The molecule has 0 unspecified atom stereocenters. The molecule has 0 N–H and O–H groups in total. The molecule has 2 nitrogen and oxygen atoms in total. The molecule has 1 aliphatic rings. The fraction of sp³-hybridized carbons (Fsp3) is 0.643. The lowest BCUT2D eigenvalue weighted by Gasteiger charge is -2.22. The van der Waals surface area contributed by atoms with Crippen LogP contribution < -0.4 is 4.90 Å². The van der Waals surface area contributed by atoms with Crippen LogP contribution in [0.4, 0.5) is 5.69 Å². The summed E-state index contributed by atoms with van der Waals surface area (Å²) in [6.45, 7) is 8.43. The Bertz CT molecular complexity index is 271. The van der Waals surface area contributed by atoms with Crippen molar-refractivity contribution in [2.75, 3.05) is 18.0 Å². The third-order valence-corrected chi connectivity index (χ3v) is 2.87. The molecule has 1 fully saturated rings. The van der Waals surface area contributed by atoms with Gasteiger partial charge < -0.3 is 4.90 Å². The van der Waals surface area contributed by atoms with Crippen LogP contribution in [-0.2, 0) is 0 Å². The smallest absolute Gasteiger partial charge is 0.0552 e. The number of aromatic nitrogens is 1. The maximum absolute atomic E-state index is 4.34. The van der Waals surface area contributed by atoms with Crippen molar-refractivity contribution in [1.29, 1.82) is 0 Å². The van der Waals surface area contributed by atoms with Crippen LogP contribution in [0, 0.1) is 6.92 Å². The summed E-state index contributed by atoms with van der Waals surface area (Å²) in [5.74, 6) is 0. The summed E-state index contributed by atoms with van der Waals surface area (Å²) in [4.78, 5) is 6.80. The molecule has 0 atom stereocenters. The fourth-order valence-electron chi connectivity index (χ4n) is 1.98. The highest BCUT2D eigenvalue weighted by atomic mass is 15.1. The molecule has 0 amide bonds. The Balaban J connectivity index is 0.000000606. The van der Waals surface area contributed by atoms with Crippen molar-refractivity contribution >= 4 is 5.69 Å². The van der Waals surface area contributed by atoms with Crippen molar-refractivity contribution in [2.24, 2.45) is 0 Å². The van der Waals surface area contributed by atoms with Gasteiger partial charge in [-0.3, -0.25) is 4.98 Å². The summed E-state index contributed by atoms with van der Waals surface area (Å²) in [5.41, 5.74) is 2.39. The van der Waals surface area contributed by atoms with Crippen molar-refractivity contribution in [3.05, 3.63) is 24.0 Å². The largest absolute Gasteiger partial charge is 0.370 e. The van der Waals surface area contributed by atoms with E-state index in [1.165, 1.54) is 44.5 Å². The summed E-state index contributed by atoms with van der Waals surface area (Å²) in [6.07, 6.45) is 7.42. The van der Waals surface area contributed by atoms with Crippen molar-refractivity contribution in [3.63, 3.8) is 0 Å². The van der Waals surface area contributed by atoms with Crippen LogP contribution in [0.15, 0.2) is 18.3 Å². The van der Waals surface area contributed by atoms with Gasteiger partial charge >= 0.3 is 0 Å². The minimum Gasteiger partial charge on any atom is -0.370 e. The number of rotatable bonds is 1. The van der Waals surface area contributed by atoms with Crippen LogP contribution in [0.2, 0.25) is 0 Å². The van der Waals surface area contributed by atoms with Gasteiger partial charge in [-0.1, -0.05) is 26.7 Å². The van der Waals surface area contributed by atoms with Gasteiger partial charge in [0.25, 0.3) is 0 Å². The molecule has 90 valence electrons. The van der Waals surface area contributed by atoms with Gasteiger partial charge in [0.15, 0.2) is 0 Å². The van der Waals surface area contributed by atoms with E-state index < -0.39 is 0 Å². The van der Waals surface area contributed by atoms with Gasteiger partial charge in [-0.25, -0.2) is 0 Å². The van der Waals surface area contributed by atoms with Crippen LogP contribution in [0.5, 0.6) is 0 Å². The van der Waals surface area contributed by atoms with Gasteiger partial charge in [0.05, 0.1) is 11.9 Å². The summed E-state index contributed by atoms with van der Waals surface area (Å²) >= 11 is 0. The Hall–Kier alpha value is -1.05. The summed E-state index contributed by atoms with van der Waals surface area (Å²) in [6, 6.07) is 4.29. The second-order valence-corrected chi connectivity index (χ2v) is 4.06. The van der Waals surface area contributed by atoms with E-state index in [9.17, 15) is 0 Å². The first-order valence-electron chi connectivity index (χ1n) is 6.54. The maximum atomic E-state index is 4.34. The van der Waals surface area contributed by atoms with Gasteiger partial charge in [0.2, 0.25) is 0 Å². The maximum Gasteiger partial charge on any atom is 0.0552 e. The number of hydrogen-bond acceptors (Lipinski definition) is 2. The number of hydrogen-bond donors (Lipinski definition) is 0. The molecule has 0 saturated carbocycles. The molecule has 0 radical (unpaired) electrons. The molecule has 0 aliphatic carbocycles. The quantitative estimate of drug-likeness (QED) is 0.715. The van der Waals surface area contributed by atoms with E-state index in [1.807, 2.05) is 27.0 Å². The molecule has 0 bridgehead atoms. The van der Waals surface area contributed by atoms with Crippen LogP contribution in [0.25, 0.3) is 0 Å². The lowest BCUT2D eigenvalue weighted by atomic mass is 10.2. The van der Waals surface area contributed by atoms with Gasteiger partial charge in [0.1, 0.15) is 0 Å². The summed E-state index contributed by atoms with van der Waals surface area (Å²) in [7, 11) is 0. The third kappa shape index (κ3) is 3.84. The summed E-state index contributed by atoms with van der Waals surface area (Å²) < 4.78 is 0. The highest BCUT2D eigenvalue weighted by Gasteiger charge is 2.09. The highest BCUT2D eigenvalue weighted by molar-refractivity contribution is 5.44.